The van der Waals surface area contributed by atoms with Crippen molar-refractivity contribution >= 4 is 5.91 Å². The Bertz CT molecular complexity index is 178. The highest BCUT2D eigenvalue weighted by molar-refractivity contribution is 5.75. The number of rotatable bonds is 8. The molecule has 0 aliphatic carbocycles. The molecule has 3 heteroatoms. The molecule has 3 nitrogen and oxygen atoms in total. The van der Waals surface area contributed by atoms with Crippen molar-refractivity contribution in [3.8, 4) is 0 Å². The van der Waals surface area contributed by atoms with E-state index in [4.69, 9.17) is 4.74 Å². The Morgan fingerprint density at radius 2 is 1.93 bits per heavy atom. The van der Waals surface area contributed by atoms with Gasteiger partial charge in [0.05, 0.1) is 12.4 Å². The first-order valence-electron chi connectivity index (χ1n) is 5.15. The molecular weight excluding hydrogens is 178 g/mol. The number of hydrogen-bond donors (Lipinski definition) is 1. The summed E-state index contributed by atoms with van der Waals surface area (Å²) in [6.45, 7) is 6.25. The topological polar surface area (TPSA) is 38.3 Å². The second kappa shape index (κ2) is 8.60. The molecule has 0 aromatic heterocycles. The van der Waals surface area contributed by atoms with Crippen molar-refractivity contribution in [1.29, 1.82) is 0 Å². The summed E-state index contributed by atoms with van der Waals surface area (Å²) in [6.07, 6.45) is 4.85. The second-order valence-corrected chi connectivity index (χ2v) is 3.39. The van der Waals surface area contributed by atoms with Gasteiger partial charge in [0.25, 0.3) is 0 Å². The third-order valence-corrected chi connectivity index (χ3v) is 1.93. The normalized spacial score (nSPS) is 9.57. The molecule has 0 aliphatic heterocycles. The molecule has 0 heterocycles. The fourth-order valence-electron chi connectivity index (χ4n) is 1.11. The van der Waals surface area contributed by atoms with E-state index >= 15 is 0 Å². The van der Waals surface area contributed by atoms with Gasteiger partial charge >= 0.3 is 0 Å². The van der Waals surface area contributed by atoms with Crippen molar-refractivity contribution in [2.45, 2.75) is 39.0 Å². The Morgan fingerprint density at radius 3 is 2.50 bits per heavy atom. The maximum Gasteiger partial charge on any atom is 0.219 e. The third kappa shape index (κ3) is 9.10. The largest absolute Gasteiger partial charge is 0.499 e. The van der Waals surface area contributed by atoms with E-state index in [0.717, 1.165) is 38.0 Å². The number of allylic oxidation sites excluding steroid dienone is 1. The zero-order chi connectivity index (χ0) is 10.8. The molecular formula is C11H21NO2. The highest BCUT2D eigenvalue weighted by Crippen LogP contribution is 2.04. The Hall–Kier alpha value is -0.990. The van der Waals surface area contributed by atoms with Crippen LogP contribution < -0.4 is 5.32 Å². The van der Waals surface area contributed by atoms with Crippen molar-refractivity contribution in [3.05, 3.63) is 12.3 Å². The second-order valence-electron chi connectivity index (χ2n) is 3.39. The summed E-state index contributed by atoms with van der Waals surface area (Å²) in [6, 6.07) is 0. The molecule has 0 aliphatic rings. The molecule has 14 heavy (non-hydrogen) atoms. The van der Waals surface area contributed by atoms with Crippen molar-refractivity contribution in [2.24, 2.45) is 0 Å². The monoisotopic (exact) mass is 199 g/mol. The average Bonchev–Trinajstić information content (AvgIpc) is 2.15. The summed E-state index contributed by atoms with van der Waals surface area (Å²) < 4.78 is 5.22. The quantitative estimate of drug-likeness (QED) is 0.481. The lowest BCUT2D eigenvalue weighted by molar-refractivity contribution is -0.120. The highest BCUT2D eigenvalue weighted by Gasteiger charge is 1.97. The van der Waals surface area contributed by atoms with Crippen LogP contribution in [0.2, 0.25) is 0 Å². The van der Waals surface area contributed by atoms with E-state index in [1.165, 1.54) is 0 Å². The first-order valence-corrected chi connectivity index (χ1v) is 5.15. The maximum absolute atomic E-state index is 10.8. The Balaban J connectivity index is 3.06. The van der Waals surface area contributed by atoms with E-state index in [1.807, 2.05) is 6.92 Å². The fraction of sp³-hybridized carbons (Fsp3) is 0.727. The standard InChI is InChI=1S/C11H21NO2/c1-10(2)14-9-7-5-4-6-8-11(13)12-3/h1,4-9H2,2-3H3,(H,12,13). The van der Waals surface area contributed by atoms with Gasteiger partial charge in [-0.3, -0.25) is 4.79 Å². The van der Waals surface area contributed by atoms with E-state index in [2.05, 4.69) is 11.9 Å². The number of carbonyl (C=O) groups excluding carboxylic acids is 1. The summed E-state index contributed by atoms with van der Waals surface area (Å²) in [7, 11) is 1.67. The minimum atomic E-state index is 0.128. The minimum Gasteiger partial charge on any atom is -0.499 e. The minimum absolute atomic E-state index is 0.128. The van der Waals surface area contributed by atoms with Gasteiger partial charge in [0.15, 0.2) is 0 Å². The zero-order valence-electron chi connectivity index (χ0n) is 9.27. The van der Waals surface area contributed by atoms with Crippen LogP contribution in [0.15, 0.2) is 12.3 Å². The Kier molecular flexibility index (Phi) is 7.99. The van der Waals surface area contributed by atoms with Gasteiger partial charge in [0.1, 0.15) is 0 Å². The predicted molar refractivity (Wildman–Crippen MR) is 57.9 cm³/mol. The molecule has 0 spiro atoms. The number of unbranched alkanes of at least 4 members (excludes halogenated alkanes) is 3. The fourth-order valence-corrected chi connectivity index (χ4v) is 1.11. The molecule has 0 fully saturated rings. The van der Waals surface area contributed by atoms with Crippen LogP contribution in [0.3, 0.4) is 0 Å². The van der Waals surface area contributed by atoms with Gasteiger partial charge in [-0.15, -0.1) is 0 Å². The van der Waals surface area contributed by atoms with Gasteiger partial charge in [0.2, 0.25) is 5.91 Å². The summed E-state index contributed by atoms with van der Waals surface area (Å²) in [5, 5.41) is 2.61. The maximum atomic E-state index is 10.8. The first-order chi connectivity index (χ1) is 6.66. The molecule has 82 valence electrons. The van der Waals surface area contributed by atoms with Crippen LogP contribution in [-0.2, 0) is 9.53 Å². The van der Waals surface area contributed by atoms with E-state index in [9.17, 15) is 4.79 Å². The molecule has 0 aromatic carbocycles. The van der Waals surface area contributed by atoms with Crippen LogP contribution in [0, 0.1) is 0 Å². The van der Waals surface area contributed by atoms with E-state index in [0.29, 0.717) is 6.42 Å². The van der Waals surface area contributed by atoms with E-state index in [1.54, 1.807) is 7.05 Å². The lowest BCUT2D eigenvalue weighted by Crippen LogP contribution is -2.16. The number of amides is 1. The summed E-state index contributed by atoms with van der Waals surface area (Å²) >= 11 is 0. The Labute approximate surface area is 86.5 Å². The zero-order valence-corrected chi connectivity index (χ0v) is 9.27. The van der Waals surface area contributed by atoms with Crippen LogP contribution in [-0.4, -0.2) is 19.6 Å². The lowest BCUT2D eigenvalue weighted by Gasteiger charge is -2.04. The van der Waals surface area contributed by atoms with E-state index in [-0.39, 0.29) is 5.91 Å². The Morgan fingerprint density at radius 1 is 1.29 bits per heavy atom. The molecule has 1 amide bonds. The van der Waals surface area contributed by atoms with Gasteiger partial charge in [-0.05, 0) is 19.8 Å². The predicted octanol–water partition coefficient (Wildman–Crippen LogP) is 2.23. The van der Waals surface area contributed by atoms with Crippen LogP contribution in [0.4, 0.5) is 0 Å². The van der Waals surface area contributed by atoms with Gasteiger partial charge in [-0.1, -0.05) is 19.4 Å². The molecule has 0 atom stereocenters. The van der Waals surface area contributed by atoms with Gasteiger partial charge in [-0.25, -0.2) is 0 Å². The molecule has 1 N–H and O–H groups in total. The van der Waals surface area contributed by atoms with Gasteiger partial charge < -0.3 is 10.1 Å². The number of ether oxygens (including phenoxy) is 1. The molecule has 0 saturated heterocycles. The lowest BCUT2D eigenvalue weighted by atomic mass is 10.1. The number of nitrogens with one attached hydrogen (secondary N) is 1. The van der Waals surface area contributed by atoms with Crippen molar-refractivity contribution in [3.63, 3.8) is 0 Å². The molecule has 0 rings (SSSR count). The van der Waals surface area contributed by atoms with Crippen LogP contribution in [0.1, 0.15) is 39.0 Å². The first kappa shape index (κ1) is 13.0. The molecule has 0 radical (unpaired) electrons. The summed E-state index contributed by atoms with van der Waals surface area (Å²) in [5.41, 5.74) is 0. The molecule has 0 unspecified atom stereocenters. The third-order valence-electron chi connectivity index (χ3n) is 1.93. The van der Waals surface area contributed by atoms with Crippen molar-refractivity contribution < 1.29 is 9.53 Å². The summed E-state index contributed by atoms with van der Waals surface area (Å²) in [5.74, 6) is 0.901. The summed E-state index contributed by atoms with van der Waals surface area (Å²) in [4.78, 5) is 10.8. The van der Waals surface area contributed by atoms with E-state index < -0.39 is 0 Å². The molecule has 0 aromatic rings. The van der Waals surface area contributed by atoms with Crippen LogP contribution >= 0.6 is 0 Å². The van der Waals surface area contributed by atoms with Crippen molar-refractivity contribution in [1.82, 2.24) is 5.32 Å². The van der Waals surface area contributed by atoms with Crippen LogP contribution in [0.25, 0.3) is 0 Å². The van der Waals surface area contributed by atoms with Crippen LogP contribution in [0.5, 0.6) is 0 Å². The smallest absolute Gasteiger partial charge is 0.219 e. The van der Waals surface area contributed by atoms with Gasteiger partial charge in [-0.2, -0.15) is 0 Å². The highest BCUT2D eigenvalue weighted by atomic mass is 16.5. The molecule has 0 bridgehead atoms. The SMILES string of the molecule is C=C(C)OCCCCCCC(=O)NC. The molecule has 0 saturated carbocycles. The number of carbonyl (C=O) groups is 1. The average molecular weight is 199 g/mol. The van der Waals surface area contributed by atoms with Gasteiger partial charge in [0, 0.05) is 13.5 Å². The van der Waals surface area contributed by atoms with Crippen molar-refractivity contribution in [2.75, 3.05) is 13.7 Å². The number of hydrogen-bond acceptors (Lipinski definition) is 2.